The second-order valence-electron chi connectivity index (χ2n) is 7.55. The normalized spacial score (nSPS) is 13.9. The Hall–Kier alpha value is -3.24. The average Bonchev–Trinajstić information content (AvgIpc) is 2.91. The monoisotopic (exact) mass is 432 g/mol. The third-order valence-electron chi connectivity index (χ3n) is 4.06. The van der Waals surface area contributed by atoms with Gasteiger partial charge in [0.15, 0.2) is 0 Å². The number of amides is 2. The number of ether oxygens (including phenoxy) is 1. The molecule has 0 spiro atoms. The summed E-state index contributed by atoms with van der Waals surface area (Å²) in [7, 11) is -2.75. The van der Waals surface area contributed by atoms with Gasteiger partial charge in [-0.1, -0.05) is 17.2 Å². The Balaban J connectivity index is 1.91. The number of hydroxylamine groups is 2. The summed E-state index contributed by atoms with van der Waals surface area (Å²) >= 11 is 0. The Bertz CT molecular complexity index is 1110. The largest absolute Gasteiger partial charge is 0.495 e. The van der Waals surface area contributed by atoms with Gasteiger partial charge in [-0.25, -0.2) is 17.9 Å². The Morgan fingerprint density at radius 1 is 1.00 bits per heavy atom. The van der Waals surface area contributed by atoms with Gasteiger partial charge in [0.25, 0.3) is 11.8 Å². The van der Waals surface area contributed by atoms with E-state index < -0.39 is 33.3 Å². The minimum absolute atomic E-state index is 0.0176. The molecule has 1 heterocycles. The lowest BCUT2D eigenvalue weighted by molar-refractivity contribution is -0.0584. The lowest BCUT2D eigenvalue weighted by Crippen LogP contribution is -2.40. The van der Waals surface area contributed by atoms with Crippen LogP contribution in [0.2, 0.25) is 0 Å². The fourth-order valence-corrected chi connectivity index (χ4v) is 4.47. The standard InChI is InChI=1S/C20H20N2O7S/c1-20(2,3)21-30(26,27)16-11-12(9-10-15(16)28-4)19(25)29-22-17(23)13-7-5-6-8-14(13)18(22)24/h5-11,21H,1-4H3. The number of hydrogen-bond acceptors (Lipinski definition) is 7. The molecule has 0 saturated heterocycles. The fraction of sp³-hybridized carbons (Fsp3) is 0.250. The average molecular weight is 432 g/mol. The number of hydrogen-bond donors (Lipinski definition) is 1. The van der Waals surface area contributed by atoms with Crippen molar-refractivity contribution in [2.24, 2.45) is 0 Å². The Labute approximate surface area is 173 Å². The van der Waals surface area contributed by atoms with Crippen molar-refractivity contribution >= 4 is 27.8 Å². The maximum atomic E-state index is 12.7. The molecule has 2 amide bonds. The molecule has 158 valence electrons. The molecule has 3 rings (SSSR count). The van der Waals surface area contributed by atoms with E-state index in [1.807, 2.05) is 0 Å². The number of fused-ring (bicyclic) bond motifs is 1. The molecular weight excluding hydrogens is 412 g/mol. The van der Waals surface area contributed by atoms with Crippen molar-refractivity contribution < 1.29 is 32.4 Å². The van der Waals surface area contributed by atoms with Crippen LogP contribution >= 0.6 is 0 Å². The third-order valence-corrected chi connectivity index (χ3v) is 5.84. The Morgan fingerprint density at radius 2 is 1.57 bits per heavy atom. The van der Waals surface area contributed by atoms with E-state index in [2.05, 4.69) is 4.72 Å². The molecule has 9 nitrogen and oxygen atoms in total. The second kappa shape index (κ2) is 7.54. The summed E-state index contributed by atoms with van der Waals surface area (Å²) in [6, 6.07) is 9.68. The van der Waals surface area contributed by atoms with E-state index in [4.69, 9.17) is 9.57 Å². The molecule has 30 heavy (non-hydrogen) atoms. The van der Waals surface area contributed by atoms with Crippen molar-refractivity contribution in [1.82, 2.24) is 9.79 Å². The first-order valence-electron chi connectivity index (χ1n) is 8.87. The van der Waals surface area contributed by atoms with E-state index in [1.165, 1.54) is 31.4 Å². The topological polar surface area (TPSA) is 119 Å². The van der Waals surface area contributed by atoms with Gasteiger partial charge in [0, 0.05) is 5.54 Å². The summed E-state index contributed by atoms with van der Waals surface area (Å²) < 4.78 is 33.0. The van der Waals surface area contributed by atoms with Crippen LogP contribution in [0.1, 0.15) is 51.8 Å². The molecule has 2 aromatic carbocycles. The van der Waals surface area contributed by atoms with E-state index >= 15 is 0 Å². The molecule has 0 radical (unpaired) electrons. The Kier molecular flexibility index (Phi) is 5.40. The smallest absolute Gasteiger partial charge is 0.363 e. The first kappa shape index (κ1) is 21.5. The van der Waals surface area contributed by atoms with E-state index in [0.717, 1.165) is 6.07 Å². The van der Waals surface area contributed by atoms with Crippen molar-refractivity contribution in [3.8, 4) is 5.75 Å². The van der Waals surface area contributed by atoms with Gasteiger partial charge in [0.2, 0.25) is 10.0 Å². The number of nitrogens with zero attached hydrogens (tertiary/aromatic N) is 1. The van der Waals surface area contributed by atoms with Crippen molar-refractivity contribution in [3.05, 3.63) is 59.2 Å². The number of imide groups is 1. The van der Waals surface area contributed by atoms with Crippen LogP contribution < -0.4 is 9.46 Å². The number of benzene rings is 2. The van der Waals surface area contributed by atoms with Gasteiger partial charge in [0.05, 0.1) is 23.8 Å². The number of rotatable bonds is 5. The van der Waals surface area contributed by atoms with Gasteiger partial charge < -0.3 is 9.57 Å². The molecule has 0 saturated carbocycles. The highest BCUT2D eigenvalue weighted by molar-refractivity contribution is 7.89. The molecular formula is C20H20N2O7S. The zero-order valence-electron chi connectivity index (χ0n) is 16.8. The molecule has 0 unspecified atom stereocenters. The number of methoxy groups -OCH3 is 1. The van der Waals surface area contributed by atoms with Crippen LogP contribution in [0.3, 0.4) is 0 Å². The summed E-state index contributed by atoms with van der Waals surface area (Å²) in [5.74, 6) is -2.61. The second-order valence-corrected chi connectivity index (χ2v) is 9.20. The SMILES string of the molecule is COc1ccc(C(=O)ON2C(=O)c3ccccc3C2=O)cc1S(=O)(=O)NC(C)(C)C. The number of carbonyl (C=O) groups excluding carboxylic acids is 3. The predicted molar refractivity (Wildman–Crippen MR) is 105 cm³/mol. The summed E-state index contributed by atoms with van der Waals surface area (Å²) in [5.41, 5.74) is -0.729. The van der Waals surface area contributed by atoms with Gasteiger partial charge in [-0.15, -0.1) is 0 Å². The van der Waals surface area contributed by atoms with Crippen LogP contribution in [-0.2, 0) is 14.9 Å². The highest BCUT2D eigenvalue weighted by Crippen LogP contribution is 2.28. The summed E-state index contributed by atoms with van der Waals surface area (Å²) in [6.07, 6.45) is 0. The quantitative estimate of drug-likeness (QED) is 0.719. The minimum Gasteiger partial charge on any atom is -0.495 e. The molecule has 10 heteroatoms. The summed E-state index contributed by atoms with van der Waals surface area (Å²) in [4.78, 5) is 42.0. The number of nitrogens with one attached hydrogen (secondary N) is 1. The molecule has 0 atom stereocenters. The zero-order chi connectivity index (χ0) is 22.3. The lowest BCUT2D eigenvalue weighted by Gasteiger charge is -2.21. The maximum Gasteiger partial charge on any atom is 0.363 e. The van der Waals surface area contributed by atoms with Gasteiger partial charge in [0.1, 0.15) is 10.6 Å². The fourth-order valence-electron chi connectivity index (χ4n) is 2.86. The molecule has 0 bridgehead atoms. The van der Waals surface area contributed by atoms with Crippen LogP contribution in [0.25, 0.3) is 0 Å². The summed E-state index contributed by atoms with van der Waals surface area (Å²) in [5, 5.41) is 0.360. The number of carbonyl (C=O) groups is 3. The van der Waals surface area contributed by atoms with Crippen molar-refractivity contribution in [2.45, 2.75) is 31.2 Å². The van der Waals surface area contributed by atoms with Gasteiger partial charge in [-0.3, -0.25) is 9.59 Å². The first-order valence-corrected chi connectivity index (χ1v) is 10.3. The van der Waals surface area contributed by atoms with Crippen LogP contribution in [0.4, 0.5) is 0 Å². The maximum absolute atomic E-state index is 12.7. The molecule has 1 aliphatic heterocycles. The molecule has 2 aromatic rings. The summed E-state index contributed by atoms with van der Waals surface area (Å²) in [6.45, 7) is 4.99. The van der Waals surface area contributed by atoms with E-state index in [-0.39, 0.29) is 27.3 Å². The zero-order valence-corrected chi connectivity index (χ0v) is 17.6. The van der Waals surface area contributed by atoms with Crippen molar-refractivity contribution in [1.29, 1.82) is 0 Å². The van der Waals surface area contributed by atoms with Crippen molar-refractivity contribution in [3.63, 3.8) is 0 Å². The molecule has 0 aliphatic carbocycles. The van der Waals surface area contributed by atoms with Crippen molar-refractivity contribution in [2.75, 3.05) is 7.11 Å². The van der Waals surface area contributed by atoms with Crippen LogP contribution in [-0.4, -0.2) is 43.9 Å². The van der Waals surface area contributed by atoms with Gasteiger partial charge in [-0.05, 0) is 51.1 Å². The molecule has 0 fully saturated rings. The van der Waals surface area contributed by atoms with E-state index in [1.54, 1.807) is 32.9 Å². The van der Waals surface area contributed by atoms with E-state index in [0.29, 0.717) is 5.06 Å². The third kappa shape index (κ3) is 4.05. The lowest BCUT2D eigenvalue weighted by atomic mass is 10.1. The van der Waals surface area contributed by atoms with Crippen LogP contribution in [0.15, 0.2) is 47.4 Å². The van der Waals surface area contributed by atoms with E-state index in [9.17, 15) is 22.8 Å². The van der Waals surface area contributed by atoms with Gasteiger partial charge >= 0.3 is 5.97 Å². The van der Waals surface area contributed by atoms with Crippen LogP contribution in [0, 0.1) is 0 Å². The molecule has 1 aliphatic rings. The minimum atomic E-state index is -4.04. The first-order chi connectivity index (χ1) is 13.9. The number of sulfonamides is 1. The highest BCUT2D eigenvalue weighted by atomic mass is 32.2. The van der Waals surface area contributed by atoms with Crippen LogP contribution in [0.5, 0.6) is 5.75 Å². The Morgan fingerprint density at radius 3 is 2.07 bits per heavy atom. The predicted octanol–water partition coefficient (Wildman–Crippen LogP) is 2.14. The molecule has 1 N–H and O–H groups in total. The highest BCUT2D eigenvalue weighted by Gasteiger charge is 2.39. The molecule has 0 aromatic heterocycles. The van der Waals surface area contributed by atoms with Gasteiger partial charge in [-0.2, -0.15) is 0 Å².